The lowest BCUT2D eigenvalue weighted by Crippen LogP contribution is -2.34. The molecule has 0 fully saturated rings. The van der Waals surface area contributed by atoms with Crippen LogP contribution in [0.1, 0.15) is 56.6 Å². The summed E-state index contributed by atoms with van der Waals surface area (Å²) in [6, 6.07) is 4.68. The van der Waals surface area contributed by atoms with Crippen molar-refractivity contribution < 1.29 is 17.9 Å². The van der Waals surface area contributed by atoms with E-state index in [1.165, 1.54) is 13.4 Å². The fraction of sp³-hybridized carbons (Fsp3) is 0.458. The summed E-state index contributed by atoms with van der Waals surface area (Å²) in [6.07, 6.45) is 4.47. The highest BCUT2D eigenvalue weighted by Gasteiger charge is 2.35. The van der Waals surface area contributed by atoms with Crippen LogP contribution in [-0.2, 0) is 21.8 Å². The SMILES string of the molecule is CCCO[C@@H](c1ncc(C)cn1)[C@H](C)S(=O)(=O)Nc1nnc(-c2cccc(OC)n2)n1[C@H](C)c1ncnn1C. The summed E-state index contributed by atoms with van der Waals surface area (Å²) in [5.41, 5.74) is 1.29. The molecule has 0 aliphatic rings. The molecule has 0 aliphatic heterocycles. The van der Waals surface area contributed by atoms with E-state index in [4.69, 9.17) is 9.47 Å². The third kappa shape index (κ3) is 6.04. The van der Waals surface area contributed by atoms with E-state index in [0.717, 1.165) is 5.56 Å². The van der Waals surface area contributed by atoms with Gasteiger partial charge in [-0.05, 0) is 38.8 Å². The summed E-state index contributed by atoms with van der Waals surface area (Å²) < 4.78 is 44.5. The highest BCUT2D eigenvalue weighted by molar-refractivity contribution is 7.93. The van der Waals surface area contributed by atoms with E-state index in [0.29, 0.717) is 36.3 Å². The molecule has 0 aliphatic carbocycles. The number of nitrogens with one attached hydrogen (secondary N) is 1. The fourth-order valence-electron chi connectivity index (χ4n) is 3.95. The molecule has 0 aromatic carbocycles. The molecule has 3 atom stereocenters. The van der Waals surface area contributed by atoms with Crippen molar-refractivity contribution in [3.05, 3.63) is 54.1 Å². The van der Waals surface area contributed by atoms with Crippen LogP contribution < -0.4 is 9.46 Å². The van der Waals surface area contributed by atoms with Crippen molar-refractivity contribution in [2.75, 3.05) is 18.4 Å². The third-order valence-electron chi connectivity index (χ3n) is 6.07. The van der Waals surface area contributed by atoms with Crippen molar-refractivity contribution in [2.24, 2.45) is 7.05 Å². The first-order valence-electron chi connectivity index (χ1n) is 12.4. The van der Waals surface area contributed by atoms with Gasteiger partial charge in [0.15, 0.2) is 11.6 Å². The Bertz CT molecular complexity index is 1500. The zero-order valence-electron chi connectivity index (χ0n) is 22.7. The molecule has 4 rings (SSSR count). The molecule has 4 heterocycles. The maximum atomic E-state index is 13.7. The lowest BCUT2D eigenvalue weighted by Gasteiger charge is -2.24. The van der Waals surface area contributed by atoms with Crippen molar-refractivity contribution in [3.8, 4) is 17.4 Å². The molecule has 0 unspecified atom stereocenters. The zero-order valence-corrected chi connectivity index (χ0v) is 23.5. The minimum atomic E-state index is -4.08. The predicted octanol–water partition coefficient (Wildman–Crippen LogP) is 2.48. The second-order valence-corrected chi connectivity index (χ2v) is 11.0. The molecule has 4 aromatic rings. The Morgan fingerprint density at radius 2 is 1.85 bits per heavy atom. The van der Waals surface area contributed by atoms with E-state index < -0.39 is 27.4 Å². The maximum Gasteiger partial charge on any atom is 0.240 e. The highest BCUT2D eigenvalue weighted by atomic mass is 32.2. The molecule has 0 spiro atoms. The standard InChI is InChI=1S/C24H32N10O4S/c1-7-11-38-20(21-25-12-15(2)13-26-21)17(4)39(35,36)32-24-31-30-23(18-9-8-10-19(29-18)37-6)34(24)16(3)22-27-14-28-33(22)5/h8-10,12-14,16-17,20H,7,11H2,1-6H3,(H,31,32)/t16-,17+,20-/m1/s1. The van der Waals surface area contributed by atoms with Gasteiger partial charge < -0.3 is 9.47 Å². The average Bonchev–Trinajstić information content (AvgIpc) is 3.55. The number of ether oxygens (including phenoxy) is 2. The Morgan fingerprint density at radius 3 is 2.49 bits per heavy atom. The number of pyridine rings is 1. The van der Waals surface area contributed by atoms with E-state index in [-0.39, 0.29) is 11.8 Å². The number of hydrogen-bond acceptors (Lipinski definition) is 11. The van der Waals surface area contributed by atoms with Crippen LogP contribution in [0.2, 0.25) is 0 Å². The average molecular weight is 557 g/mol. The van der Waals surface area contributed by atoms with Gasteiger partial charge in [0.1, 0.15) is 29.2 Å². The molecule has 0 saturated heterocycles. The van der Waals surface area contributed by atoms with Gasteiger partial charge in [-0.25, -0.2) is 28.4 Å². The molecule has 0 bridgehead atoms. The summed E-state index contributed by atoms with van der Waals surface area (Å²) in [5, 5.41) is 11.6. The largest absolute Gasteiger partial charge is 0.481 e. The summed E-state index contributed by atoms with van der Waals surface area (Å²) >= 11 is 0. The van der Waals surface area contributed by atoms with Gasteiger partial charge in [-0.2, -0.15) is 5.10 Å². The van der Waals surface area contributed by atoms with Gasteiger partial charge >= 0.3 is 0 Å². The van der Waals surface area contributed by atoms with Crippen molar-refractivity contribution >= 4 is 16.0 Å². The molecule has 39 heavy (non-hydrogen) atoms. The molecule has 0 amide bonds. The predicted molar refractivity (Wildman–Crippen MR) is 142 cm³/mol. The molecular formula is C24H32N10O4S. The topological polar surface area (TPSA) is 165 Å². The van der Waals surface area contributed by atoms with E-state index in [1.54, 1.807) is 53.8 Å². The lowest BCUT2D eigenvalue weighted by atomic mass is 10.2. The molecule has 15 heteroatoms. The number of rotatable bonds is 12. The first-order valence-corrected chi connectivity index (χ1v) is 13.9. The number of aromatic nitrogens is 9. The van der Waals surface area contributed by atoms with Crippen LogP contribution in [0.4, 0.5) is 5.95 Å². The Morgan fingerprint density at radius 1 is 1.10 bits per heavy atom. The fourth-order valence-corrected chi connectivity index (χ4v) is 5.06. The third-order valence-corrected chi connectivity index (χ3v) is 7.76. The second kappa shape index (κ2) is 11.8. The quantitative estimate of drug-likeness (QED) is 0.272. The van der Waals surface area contributed by atoms with Crippen molar-refractivity contribution in [1.29, 1.82) is 0 Å². The summed E-state index contributed by atoms with van der Waals surface area (Å²) in [7, 11) is -0.830. The van der Waals surface area contributed by atoms with Gasteiger partial charge in [-0.15, -0.1) is 10.2 Å². The van der Waals surface area contributed by atoms with Gasteiger partial charge in [0, 0.05) is 32.1 Å². The molecule has 14 nitrogen and oxygen atoms in total. The van der Waals surface area contributed by atoms with Crippen LogP contribution in [0.3, 0.4) is 0 Å². The normalized spacial score (nSPS) is 14.1. The first-order chi connectivity index (χ1) is 18.7. The van der Waals surface area contributed by atoms with Crippen molar-refractivity contribution in [2.45, 2.75) is 51.5 Å². The Kier molecular flexibility index (Phi) is 8.50. The van der Waals surface area contributed by atoms with E-state index >= 15 is 0 Å². The maximum absolute atomic E-state index is 13.7. The first kappa shape index (κ1) is 28.0. The number of methoxy groups -OCH3 is 1. The summed E-state index contributed by atoms with van der Waals surface area (Å²) in [6.45, 7) is 7.52. The summed E-state index contributed by atoms with van der Waals surface area (Å²) in [5.74, 6) is 1.51. The number of hydrogen-bond donors (Lipinski definition) is 1. The van der Waals surface area contributed by atoms with Crippen molar-refractivity contribution in [3.63, 3.8) is 0 Å². The zero-order chi connectivity index (χ0) is 28.2. The number of sulfonamides is 1. The minimum absolute atomic E-state index is 0.0176. The number of nitrogens with zero attached hydrogens (tertiary/aromatic N) is 9. The monoisotopic (exact) mass is 556 g/mol. The van der Waals surface area contributed by atoms with E-state index in [1.807, 2.05) is 20.8 Å². The number of aryl methyl sites for hydroxylation is 2. The van der Waals surface area contributed by atoms with Crippen LogP contribution in [0, 0.1) is 6.92 Å². The molecule has 208 valence electrons. The van der Waals surface area contributed by atoms with Crippen LogP contribution in [0.15, 0.2) is 36.9 Å². The Labute approximate surface area is 226 Å². The second-order valence-electron chi connectivity index (χ2n) is 8.96. The van der Waals surface area contributed by atoms with Crippen LogP contribution in [-0.4, -0.2) is 71.9 Å². The number of anilines is 1. The molecule has 1 N–H and O–H groups in total. The van der Waals surface area contributed by atoms with Gasteiger partial charge in [-0.1, -0.05) is 13.0 Å². The summed E-state index contributed by atoms with van der Waals surface area (Å²) in [4.78, 5) is 17.4. The van der Waals surface area contributed by atoms with Crippen molar-refractivity contribution in [1.82, 2.24) is 44.5 Å². The smallest absolute Gasteiger partial charge is 0.240 e. The van der Waals surface area contributed by atoms with Crippen LogP contribution in [0.5, 0.6) is 5.88 Å². The Hall–Kier alpha value is -3.98. The van der Waals surface area contributed by atoms with Gasteiger partial charge in [0.2, 0.25) is 21.9 Å². The molecule has 0 saturated carbocycles. The van der Waals surface area contributed by atoms with E-state index in [9.17, 15) is 8.42 Å². The van der Waals surface area contributed by atoms with Gasteiger partial charge in [0.25, 0.3) is 0 Å². The van der Waals surface area contributed by atoms with Crippen LogP contribution in [0.25, 0.3) is 11.5 Å². The minimum Gasteiger partial charge on any atom is -0.481 e. The van der Waals surface area contributed by atoms with E-state index in [2.05, 4.69) is 40.0 Å². The molecular weight excluding hydrogens is 524 g/mol. The molecule has 4 aromatic heterocycles. The van der Waals surface area contributed by atoms with Gasteiger partial charge in [-0.3, -0.25) is 14.0 Å². The van der Waals surface area contributed by atoms with Crippen LogP contribution >= 0.6 is 0 Å². The molecule has 0 radical (unpaired) electrons. The Balaban J connectivity index is 1.75. The highest BCUT2D eigenvalue weighted by Crippen LogP contribution is 2.30. The lowest BCUT2D eigenvalue weighted by molar-refractivity contribution is 0.0466. The van der Waals surface area contributed by atoms with Gasteiger partial charge in [0.05, 0.1) is 13.2 Å².